The molecule has 0 saturated heterocycles. The van der Waals surface area contributed by atoms with Crippen LogP contribution in [0.15, 0.2) is 23.0 Å². The van der Waals surface area contributed by atoms with Crippen LogP contribution in [0, 0.1) is 17.3 Å². The van der Waals surface area contributed by atoms with Gasteiger partial charge in [0.2, 0.25) is 5.78 Å². The molecular formula is C29H37N3O9. The number of carbonyl (C=O) groups is 4. The van der Waals surface area contributed by atoms with Gasteiger partial charge in [-0.15, -0.1) is 0 Å². The zero-order valence-electron chi connectivity index (χ0n) is 23.8. The molecule has 1 aromatic carbocycles. The molecule has 4 atom stereocenters. The van der Waals surface area contributed by atoms with Gasteiger partial charge in [0.1, 0.15) is 22.8 Å². The Kier molecular flexibility index (Phi) is 7.57. The molecule has 1 amide bonds. The van der Waals surface area contributed by atoms with Crippen molar-refractivity contribution in [1.29, 1.82) is 0 Å². The molecule has 0 aliphatic heterocycles. The number of aliphatic hydroxyl groups is 3. The number of nitrogens with two attached hydrogens (primary N) is 2. The molecule has 4 rings (SSSR count). The van der Waals surface area contributed by atoms with E-state index in [1.807, 2.05) is 20.8 Å². The second kappa shape index (κ2) is 10.3. The molecule has 1 aromatic rings. The Morgan fingerprint density at radius 3 is 2.32 bits per heavy atom. The number of ketones is 2. The van der Waals surface area contributed by atoms with Gasteiger partial charge in [0, 0.05) is 23.6 Å². The first-order valence-electron chi connectivity index (χ1n) is 13.3. The van der Waals surface area contributed by atoms with Gasteiger partial charge in [-0.25, -0.2) is 0 Å². The Balaban J connectivity index is 1.86. The second-order valence-electron chi connectivity index (χ2n) is 12.5. The van der Waals surface area contributed by atoms with Crippen LogP contribution in [0.1, 0.15) is 49.4 Å². The predicted molar refractivity (Wildman–Crippen MR) is 146 cm³/mol. The number of fused-ring (bicyclic) bond motifs is 3. The maximum atomic E-state index is 14.0. The average molecular weight is 572 g/mol. The van der Waals surface area contributed by atoms with Crippen LogP contribution < -0.4 is 11.5 Å². The third-order valence-corrected chi connectivity index (χ3v) is 8.11. The van der Waals surface area contributed by atoms with E-state index in [1.165, 1.54) is 19.0 Å². The number of rotatable bonds is 6. The van der Waals surface area contributed by atoms with Crippen molar-refractivity contribution >= 4 is 29.2 Å². The van der Waals surface area contributed by atoms with Gasteiger partial charge in [-0.2, -0.15) is 0 Å². The molecule has 0 spiro atoms. The Morgan fingerprint density at radius 2 is 1.78 bits per heavy atom. The van der Waals surface area contributed by atoms with Gasteiger partial charge in [0.05, 0.1) is 24.6 Å². The van der Waals surface area contributed by atoms with Crippen molar-refractivity contribution in [2.24, 2.45) is 28.7 Å². The van der Waals surface area contributed by atoms with Crippen LogP contribution in [-0.4, -0.2) is 81.1 Å². The number of phenolic OH excluding ortho intramolecular Hbond substituents is 1. The largest absolute Gasteiger partial charge is 0.508 e. The van der Waals surface area contributed by atoms with Crippen LogP contribution >= 0.6 is 0 Å². The number of nitrogens with zero attached hydrogens (tertiary/aromatic N) is 1. The standard InChI is InChI=1S/C29H37N3O9/c1-28(2,3)11-41-17(33)9-13-6-14(10-30)15-7-12-8-16-21(32(4)5)24(36)20(27(31)39)26(38)29(16,40)25(37)18(12)23(35)19(15)22(13)34/h6,12,16,21,34-35,38,40H,7-11,30H2,1-5H3,(H2,31,39). The van der Waals surface area contributed by atoms with E-state index in [4.69, 9.17) is 16.2 Å². The highest BCUT2D eigenvalue weighted by Crippen LogP contribution is 2.53. The molecule has 1 saturated carbocycles. The molecule has 8 N–H and O–H groups in total. The first-order valence-corrected chi connectivity index (χ1v) is 13.3. The molecule has 41 heavy (non-hydrogen) atoms. The van der Waals surface area contributed by atoms with E-state index in [2.05, 4.69) is 0 Å². The number of esters is 1. The first kappa shape index (κ1) is 30.2. The van der Waals surface area contributed by atoms with E-state index in [1.54, 1.807) is 6.07 Å². The molecule has 12 nitrogen and oxygen atoms in total. The van der Waals surface area contributed by atoms with E-state index < -0.39 is 69.8 Å². The fourth-order valence-corrected chi connectivity index (χ4v) is 6.27. The number of likely N-dealkylation sites (N-methyl/N-ethyl adjacent to an activating group) is 1. The van der Waals surface area contributed by atoms with Gasteiger partial charge in [0.25, 0.3) is 5.91 Å². The molecule has 3 aliphatic rings. The number of carbonyl (C=O) groups excluding carboxylic acids is 4. The summed E-state index contributed by atoms with van der Waals surface area (Å²) < 4.78 is 5.32. The SMILES string of the molecule is CN(C)C1C(=O)C(C(N)=O)=C(O)C2(O)C(=O)C3=C(O)c4c(O)c(CC(=O)OCC(C)(C)C)cc(CN)c4CC3CC12. The average Bonchev–Trinajstić information content (AvgIpc) is 2.85. The number of amides is 1. The summed E-state index contributed by atoms with van der Waals surface area (Å²) >= 11 is 0. The summed E-state index contributed by atoms with van der Waals surface area (Å²) in [4.78, 5) is 53.3. The lowest BCUT2D eigenvalue weighted by Gasteiger charge is -2.50. The van der Waals surface area contributed by atoms with E-state index in [0.29, 0.717) is 11.1 Å². The number of hydrogen-bond acceptors (Lipinski definition) is 11. The van der Waals surface area contributed by atoms with Crippen molar-refractivity contribution in [1.82, 2.24) is 4.90 Å². The summed E-state index contributed by atoms with van der Waals surface area (Å²) in [6.45, 7) is 5.82. The van der Waals surface area contributed by atoms with Gasteiger partial charge in [-0.1, -0.05) is 20.8 Å². The zero-order chi connectivity index (χ0) is 30.8. The topological polar surface area (TPSA) is 214 Å². The normalized spacial score (nSPS) is 26.1. The van der Waals surface area contributed by atoms with Crippen LogP contribution in [0.5, 0.6) is 5.75 Å². The van der Waals surface area contributed by atoms with E-state index >= 15 is 0 Å². The summed E-state index contributed by atoms with van der Waals surface area (Å²) in [5.74, 6) is -7.98. The molecule has 1 fully saturated rings. The van der Waals surface area contributed by atoms with Gasteiger partial charge >= 0.3 is 5.97 Å². The number of ether oxygens (including phenoxy) is 1. The highest BCUT2D eigenvalue weighted by Gasteiger charge is 2.64. The third-order valence-electron chi connectivity index (χ3n) is 8.11. The van der Waals surface area contributed by atoms with Crippen molar-refractivity contribution in [3.05, 3.63) is 45.2 Å². The highest BCUT2D eigenvalue weighted by atomic mass is 16.5. The second-order valence-corrected chi connectivity index (χ2v) is 12.5. The van der Waals surface area contributed by atoms with Crippen LogP contribution in [0.2, 0.25) is 0 Å². The molecule has 12 heteroatoms. The predicted octanol–water partition coefficient (Wildman–Crippen LogP) is 0.555. The van der Waals surface area contributed by atoms with E-state index in [-0.39, 0.29) is 54.5 Å². The van der Waals surface area contributed by atoms with Crippen molar-refractivity contribution in [2.75, 3.05) is 20.7 Å². The maximum Gasteiger partial charge on any atom is 0.310 e. The van der Waals surface area contributed by atoms with Crippen molar-refractivity contribution in [2.45, 2.75) is 58.2 Å². The van der Waals surface area contributed by atoms with Crippen LogP contribution in [-0.2, 0) is 43.3 Å². The summed E-state index contributed by atoms with van der Waals surface area (Å²) in [7, 11) is 3.07. The maximum absolute atomic E-state index is 14.0. The molecular weight excluding hydrogens is 534 g/mol. The number of primary amides is 1. The van der Waals surface area contributed by atoms with Gasteiger partial charge < -0.3 is 36.6 Å². The highest BCUT2D eigenvalue weighted by molar-refractivity contribution is 6.24. The smallest absolute Gasteiger partial charge is 0.310 e. The fourth-order valence-electron chi connectivity index (χ4n) is 6.27. The summed E-state index contributed by atoms with van der Waals surface area (Å²) in [6, 6.07) is 0.392. The van der Waals surface area contributed by atoms with Gasteiger partial charge in [-0.05, 0) is 55.5 Å². The summed E-state index contributed by atoms with van der Waals surface area (Å²) in [5, 5.41) is 45.3. The first-order chi connectivity index (χ1) is 18.9. The number of phenols is 1. The van der Waals surface area contributed by atoms with Crippen molar-refractivity contribution in [3.8, 4) is 5.75 Å². The minimum atomic E-state index is -2.73. The van der Waals surface area contributed by atoms with Crippen LogP contribution in [0.25, 0.3) is 5.76 Å². The van der Waals surface area contributed by atoms with Crippen molar-refractivity contribution in [3.63, 3.8) is 0 Å². The Hall–Kier alpha value is -3.74. The number of aliphatic hydroxyl groups excluding tert-OH is 2. The van der Waals surface area contributed by atoms with E-state index in [9.17, 15) is 39.6 Å². The molecule has 0 bridgehead atoms. The molecule has 4 unspecified atom stereocenters. The monoisotopic (exact) mass is 571 g/mol. The Labute approximate surface area is 237 Å². The fraction of sp³-hybridized carbons (Fsp3) is 0.517. The lowest BCUT2D eigenvalue weighted by molar-refractivity contribution is -0.153. The zero-order valence-corrected chi connectivity index (χ0v) is 23.8. The number of Topliss-reactive ketones (excluding diaryl/α,β-unsaturated/α-hetero) is 2. The van der Waals surface area contributed by atoms with Crippen LogP contribution in [0.3, 0.4) is 0 Å². The molecule has 0 aromatic heterocycles. The lowest BCUT2D eigenvalue weighted by atomic mass is 9.57. The molecule has 3 aliphatic carbocycles. The molecule has 0 radical (unpaired) electrons. The van der Waals surface area contributed by atoms with Gasteiger partial charge in [-0.3, -0.25) is 24.1 Å². The number of benzene rings is 1. The number of aromatic hydroxyl groups is 1. The Morgan fingerprint density at radius 1 is 1.15 bits per heavy atom. The minimum absolute atomic E-state index is 0.00635. The van der Waals surface area contributed by atoms with Crippen LogP contribution in [0.4, 0.5) is 0 Å². The molecule has 222 valence electrons. The number of hydrogen-bond donors (Lipinski definition) is 6. The lowest BCUT2D eigenvalue weighted by Crippen LogP contribution is -2.65. The third kappa shape index (κ3) is 4.79. The van der Waals surface area contributed by atoms with Crippen molar-refractivity contribution < 1.29 is 44.3 Å². The Bertz CT molecular complexity index is 1420. The van der Waals surface area contributed by atoms with Gasteiger partial charge in [0.15, 0.2) is 11.4 Å². The minimum Gasteiger partial charge on any atom is -0.508 e. The molecule has 0 heterocycles. The summed E-state index contributed by atoms with van der Waals surface area (Å²) in [5.41, 5.74) is 8.20. The summed E-state index contributed by atoms with van der Waals surface area (Å²) in [6.07, 6.45) is -0.243. The quantitative estimate of drug-likeness (QED) is 0.205. The van der Waals surface area contributed by atoms with E-state index in [0.717, 1.165) is 0 Å².